The van der Waals surface area contributed by atoms with E-state index in [0.717, 1.165) is 68.3 Å². The minimum absolute atomic E-state index is 0.0668. The van der Waals surface area contributed by atoms with Crippen molar-refractivity contribution < 1.29 is 14.3 Å². The summed E-state index contributed by atoms with van der Waals surface area (Å²) >= 11 is 1.79. The molecule has 3 aliphatic rings. The SMILES string of the molecule is CC(C)OC(=O)Cn1cc(Nc2nc(NC3CCC(N4CCOCC4)CC3)c3c4c(sc3n2)CCC4)cn1. The highest BCUT2D eigenvalue weighted by molar-refractivity contribution is 7.19. The average Bonchev–Trinajstić information content (AvgIpc) is 3.61. The summed E-state index contributed by atoms with van der Waals surface area (Å²) in [6.07, 6.45) is 11.4. The molecule has 0 spiro atoms. The van der Waals surface area contributed by atoms with Gasteiger partial charge in [-0.05, 0) is 64.4 Å². The number of hydrogen-bond acceptors (Lipinski definition) is 10. The highest BCUT2D eigenvalue weighted by atomic mass is 32.1. The molecule has 2 fully saturated rings. The Labute approximate surface area is 227 Å². The monoisotopic (exact) mass is 539 g/mol. The molecule has 0 radical (unpaired) electrons. The van der Waals surface area contributed by atoms with E-state index in [-0.39, 0.29) is 18.6 Å². The van der Waals surface area contributed by atoms with E-state index >= 15 is 0 Å². The summed E-state index contributed by atoms with van der Waals surface area (Å²) in [6.45, 7) is 7.57. The first-order chi connectivity index (χ1) is 18.5. The standard InChI is InChI=1S/C27H37N7O3S/c1-17(2)37-23(35)16-34-15-19(14-28-34)30-27-31-25(24-21-4-3-5-22(21)38-26(24)32-27)29-18-6-8-20(9-7-18)33-10-12-36-13-11-33/h14-15,17-18,20H,3-13,16H2,1-2H3,(H2,29,30,31,32). The van der Waals surface area contributed by atoms with Crippen molar-refractivity contribution in [3.8, 4) is 0 Å². The Balaban J connectivity index is 1.18. The number of morpholine rings is 1. The van der Waals surface area contributed by atoms with Crippen molar-refractivity contribution in [2.75, 3.05) is 36.9 Å². The lowest BCUT2D eigenvalue weighted by molar-refractivity contribution is -0.148. The molecule has 38 heavy (non-hydrogen) atoms. The van der Waals surface area contributed by atoms with Crippen LogP contribution in [0.1, 0.15) is 56.4 Å². The van der Waals surface area contributed by atoms with Gasteiger partial charge >= 0.3 is 5.97 Å². The van der Waals surface area contributed by atoms with Crippen LogP contribution in [-0.4, -0.2) is 75.1 Å². The number of nitrogens with one attached hydrogen (secondary N) is 2. The Hall–Kier alpha value is -2.76. The summed E-state index contributed by atoms with van der Waals surface area (Å²) < 4.78 is 12.3. The summed E-state index contributed by atoms with van der Waals surface area (Å²) in [5, 5.41) is 12.6. The number of aryl methyl sites for hydroxylation is 2. The number of ether oxygens (including phenoxy) is 2. The van der Waals surface area contributed by atoms with Crippen molar-refractivity contribution in [2.45, 2.75) is 83.5 Å². The van der Waals surface area contributed by atoms with Gasteiger partial charge in [0.2, 0.25) is 5.95 Å². The molecule has 2 N–H and O–H groups in total. The summed E-state index contributed by atoms with van der Waals surface area (Å²) in [6, 6.07) is 1.07. The molecule has 3 aromatic rings. The predicted molar refractivity (Wildman–Crippen MR) is 148 cm³/mol. The second-order valence-electron chi connectivity index (χ2n) is 10.8. The zero-order chi connectivity index (χ0) is 26.1. The lowest BCUT2D eigenvalue weighted by Crippen LogP contribution is -2.46. The predicted octanol–water partition coefficient (Wildman–Crippen LogP) is 4.13. The van der Waals surface area contributed by atoms with Crippen LogP contribution in [0.15, 0.2) is 12.4 Å². The highest BCUT2D eigenvalue weighted by Gasteiger charge is 2.29. The van der Waals surface area contributed by atoms with Gasteiger partial charge in [0.05, 0.1) is 36.6 Å². The molecule has 11 heteroatoms. The van der Waals surface area contributed by atoms with Gasteiger partial charge in [-0.15, -0.1) is 11.3 Å². The Morgan fingerprint density at radius 1 is 1.18 bits per heavy atom. The number of carbonyl (C=O) groups excluding carboxylic acids is 1. The van der Waals surface area contributed by atoms with E-state index in [0.29, 0.717) is 18.0 Å². The fourth-order valence-corrected chi connectivity index (χ4v) is 7.21. The zero-order valence-corrected chi connectivity index (χ0v) is 23.1. The zero-order valence-electron chi connectivity index (χ0n) is 22.2. The van der Waals surface area contributed by atoms with Crippen LogP contribution < -0.4 is 10.6 Å². The van der Waals surface area contributed by atoms with Crippen molar-refractivity contribution in [2.24, 2.45) is 0 Å². The summed E-state index contributed by atoms with van der Waals surface area (Å²) in [4.78, 5) is 27.0. The maximum atomic E-state index is 12.0. The molecule has 6 rings (SSSR count). The molecule has 10 nitrogen and oxygen atoms in total. The van der Waals surface area contributed by atoms with Gasteiger partial charge in [0.25, 0.3) is 0 Å². The third-order valence-electron chi connectivity index (χ3n) is 7.71. The number of esters is 1. The van der Waals surface area contributed by atoms with Gasteiger partial charge in [0.15, 0.2) is 0 Å². The molecular weight excluding hydrogens is 502 g/mol. The van der Waals surface area contributed by atoms with Crippen molar-refractivity contribution in [1.82, 2.24) is 24.6 Å². The third kappa shape index (κ3) is 5.64. The van der Waals surface area contributed by atoms with Crippen LogP contribution in [-0.2, 0) is 33.7 Å². The first kappa shape index (κ1) is 25.5. The van der Waals surface area contributed by atoms with E-state index in [2.05, 4.69) is 20.6 Å². The van der Waals surface area contributed by atoms with Crippen LogP contribution >= 0.6 is 11.3 Å². The van der Waals surface area contributed by atoms with Crippen molar-refractivity contribution in [3.63, 3.8) is 0 Å². The number of aromatic nitrogens is 4. The first-order valence-electron chi connectivity index (χ1n) is 13.9. The molecule has 3 aromatic heterocycles. The number of fused-ring (bicyclic) bond motifs is 3. The molecule has 2 aliphatic carbocycles. The van der Waals surface area contributed by atoms with E-state index in [1.807, 2.05) is 13.8 Å². The topological polar surface area (TPSA) is 106 Å². The molecule has 4 heterocycles. The van der Waals surface area contributed by atoms with Gasteiger partial charge < -0.3 is 20.1 Å². The minimum atomic E-state index is -0.310. The number of anilines is 3. The van der Waals surface area contributed by atoms with Gasteiger partial charge in [0.1, 0.15) is 17.2 Å². The second kappa shape index (κ2) is 11.2. The van der Waals surface area contributed by atoms with E-state index in [9.17, 15) is 4.79 Å². The number of hydrogen-bond donors (Lipinski definition) is 2. The smallest absolute Gasteiger partial charge is 0.328 e. The van der Waals surface area contributed by atoms with Gasteiger partial charge in [-0.25, -0.2) is 4.98 Å². The summed E-state index contributed by atoms with van der Waals surface area (Å²) in [7, 11) is 0. The molecule has 1 aliphatic heterocycles. The van der Waals surface area contributed by atoms with Crippen molar-refractivity contribution >= 4 is 45.0 Å². The van der Waals surface area contributed by atoms with Crippen LogP contribution in [0, 0.1) is 0 Å². The fraction of sp³-hybridized carbons (Fsp3) is 0.630. The van der Waals surface area contributed by atoms with Crippen molar-refractivity contribution in [1.29, 1.82) is 0 Å². The number of thiophene rings is 1. The lowest BCUT2D eigenvalue weighted by Gasteiger charge is -2.39. The minimum Gasteiger partial charge on any atom is -0.462 e. The molecule has 1 saturated heterocycles. The molecule has 0 aromatic carbocycles. The average molecular weight is 540 g/mol. The molecule has 0 bridgehead atoms. The van der Waals surface area contributed by atoms with Crippen molar-refractivity contribution in [3.05, 3.63) is 22.8 Å². The van der Waals surface area contributed by atoms with Crippen LogP contribution in [0.25, 0.3) is 10.2 Å². The van der Waals surface area contributed by atoms with Crippen LogP contribution in [0.5, 0.6) is 0 Å². The van der Waals surface area contributed by atoms with Gasteiger partial charge in [-0.2, -0.15) is 10.1 Å². The normalized spacial score (nSPS) is 22.1. The van der Waals surface area contributed by atoms with E-state index < -0.39 is 0 Å². The third-order valence-corrected chi connectivity index (χ3v) is 8.90. The maximum Gasteiger partial charge on any atom is 0.328 e. The Bertz CT molecular complexity index is 1280. The molecule has 0 unspecified atom stereocenters. The lowest BCUT2D eigenvalue weighted by atomic mass is 9.90. The first-order valence-corrected chi connectivity index (χ1v) is 14.7. The Morgan fingerprint density at radius 3 is 2.79 bits per heavy atom. The Morgan fingerprint density at radius 2 is 2.00 bits per heavy atom. The highest BCUT2D eigenvalue weighted by Crippen LogP contribution is 2.41. The van der Waals surface area contributed by atoms with E-state index in [1.165, 1.54) is 35.1 Å². The molecule has 1 saturated carbocycles. The molecule has 0 amide bonds. The van der Waals surface area contributed by atoms with Crippen LogP contribution in [0.3, 0.4) is 0 Å². The largest absolute Gasteiger partial charge is 0.462 e. The van der Waals surface area contributed by atoms with E-state index in [4.69, 9.17) is 19.4 Å². The Kier molecular flexibility index (Phi) is 7.49. The quantitative estimate of drug-likeness (QED) is 0.409. The van der Waals surface area contributed by atoms with Crippen LogP contribution in [0.4, 0.5) is 17.5 Å². The van der Waals surface area contributed by atoms with Gasteiger partial charge in [-0.1, -0.05) is 0 Å². The molecular formula is C27H37N7O3S. The van der Waals surface area contributed by atoms with Gasteiger partial charge in [-0.3, -0.25) is 14.4 Å². The fourth-order valence-electron chi connectivity index (χ4n) is 5.95. The molecule has 204 valence electrons. The number of carbonyl (C=O) groups is 1. The molecule has 0 atom stereocenters. The van der Waals surface area contributed by atoms with E-state index in [1.54, 1.807) is 28.4 Å². The summed E-state index contributed by atoms with van der Waals surface area (Å²) in [5.74, 6) is 1.18. The second-order valence-corrected chi connectivity index (χ2v) is 11.9. The van der Waals surface area contributed by atoms with Crippen LogP contribution in [0.2, 0.25) is 0 Å². The maximum absolute atomic E-state index is 12.0. The number of nitrogens with zero attached hydrogens (tertiary/aromatic N) is 5. The number of rotatable bonds is 8. The summed E-state index contributed by atoms with van der Waals surface area (Å²) in [5.41, 5.74) is 2.17. The van der Waals surface area contributed by atoms with Gasteiger partial charge in [0, 0.05) is 36.2 Å².